The third-order valence-corrected chi connectivity index (χ3v) is 2.74. The molecule has 1 N–H and O–H groups in total. The first-order valence-corrected chi connectivity index (χ1v) is 5.76. The molecule has 0 unspecified atom stereocenters. The molecule has 0 amide bonds. The maximum Gasteiger partial charge on any atom is 0.372 e. The van der Waals surface area contributed by atoms with E-state index in [0.717, 1.165) is 0 Å². The summed E-state index contributed by atoms with van der Waals surface area (Å²) >= 11 is 5.79. The van der Waals surface area contributed by atoms with Crippen LogP contribution < -0.4 is 4.74 Å². The molecule has 1 heterocycles. The van der Waals surface area contributed by atoms with Crippen LogP contribution in [-0.2, 0) is 6.61 Å². The number of aromatic carboxylic acids is 1. The summed E-state index contributed by atoms with van der Waals surface area (Å²) in [4.78, 5) is 10.8. The molecule has 1 aromatic carbocycles. The summed E-state index contributed by atoms with van der Waals surface area (Å²) in [6, 6.07) is 5.70. The van der Waals surface area contributed by atoms with Crippen molar-refractivity contribution >= 4 is 17.6 Å². The van der Waals surface area contributed by atoms with E-state index in [9.17, 15) is 9.18 Å². The summed E-state index contributed by atoms with van der Waals surface area (Å²) in [7, 11) is 0. The average molecular weight is 285 g/mol. The molecule has 0 spiro atoms. The van der Waals surface area contributed by atoms with Crippen molar-refractivity contribution in [3.8, 4) is 5.75 Å². The molecule has 100 valence electrons. The zero-order valence-corrected chi connectivity index (χ0v) is 10.7. The molecule has 0 aliphatic heterocycles. The van der Waals surface area contributed by atoms with Gasteiger partial charge in [-0.15, -0.1) is 0 Å². The topological polar surface area (TPSA) is 59.7 Å². The molecule has 0 bridgehead atoms. The smallest absolute Gasteiger partial charge is 0.372 e. The Morgan fingerprint density at radius 1 is 1.53 bits per heavy atom. The third-order valence-electron chi connectivity index (χ3n) is 2.44. The first-order chi connectivity index (χ1) is 8.99. The summed E-state index contributed by atoms with van der Waals surface area (Å²) in [6.45, 7) is 1.50. The van der Waals surface area contributed by atoms with Gasteiger partial charge < -0.3 is 14.3 Å². The summed E-state index contributed by atoms with van der Waals surface area (Å²) < 4.78 is 23.7. The highest BCUT2D eigenvalue weighted by Crippen LogP contribution is 2.28. The Kier molecular flexibility index (Phi) is 3.76. The van der Waals surface area contributed by atoms with Crippen LogP contribution in [0.25, 0.3) is 0 Å². The molecule has 2 aromatic rings. The quantitative estimate of drug-likeness (QED) is 0.931. The fourth-order valence-electron chi connectivity index (χ4n) is 1.60. The molecule has 1 aromatic heterocycles. The largest absolute Gasteiger partial charge is 0.481 e. The van der Waals surface area contributed by atoms with Crippen molar-refractivity contribution in [2.75, 3.05) is 0 Å². The SMILES string of the molecule is Cc1cc(COc2c(F)cccc2Cl)oc1C(=O)O. The zero-order valence-electron chi connectivity index (χ0n) is 9.94. The van der Waals surface area contributed by atoms with Crippen molar-refractivity contribution in [1.29, 1.82) is 0 Å². The molecule has 0 saturated carbocycles. The van der Waals surface area contributed by atoms with Gasteiger partial charge in [0.05, 0.1) is 5.02 Å². The van der Waals surface area contributed by atoms with E-state index in [1.165, 1.54) is 24.3 Å². The standard InChI is InChI=1S/C13H10ClFO4/c1-7-5-8(19-11(7)13(16)17)6-18-12-9(14)3-2-4-10(12)15/h2-5H,6H2,1H3,(H,16,17). The number of carboxylic acids is 1. The van der Waals surface area contributed by atoms with E-state index < -0.39 is 11.8 Å². The highest BCUT2D eigenvalue weighted by molar-refractivity contribution is 6.32. The lowest BCUT2D eigenvalue weighted by Crippen LogP contribution is -1.97. The Morgan fingerprint density at radius 3 is 2.84 bits per heavy atom. The van der Waals surface area contributed by atoms with Gasteiger partial charge in [-0.25, -0.2) is 9.18 Å². The second kappa shape index (κ2) is 5.32. The van der Waals surface area contributed by atoms with E-state index >= 15 is 0 Å². The number of rotatable bonds is 4. The van der Waals surface area contributed by atoms with Crippen LogP contribution in [0, 0.1) is 12.7 Å². The zero-order chi connectivity index (χ0) is 14.0. The number of carbonyl (C=O) groups is 1. The highest BCUT2D eigenvalue weighted by Gasteiger charge is 2.15. The van der Waals surface area contributed by atoms with Crippen molar-refractivity contribution in [2.45, 2.75) is 13.5 Å². The normalized spacial score (nSPS) is 10.5. The molecule has 0 aliphatic rings. The fourth-order valence-corrected chi connectivity index (χ4v) is 1.81. The van der Waals surface area contributed by atoms with Gasteiger partial charge in [-0.3, -0.25) is 0 Å². The molecule has 0 atom stereocenters. The van der Waals surface area contributed by atoms with Crippen molar-refractivity contribution in [3.63, 3.8) is 0 Å². The number of ether oxygens (including phenoxy) is 1. The molecule has 4 nitrogen and oxygen atoms in total. The Bertz CT molecular complexity index is 601. The minimum Gasteiger partial charge on any atom is -0.481 e. The lowest BCUT2D eigenvalue weighted by atomic mass is 10.2. The van der Waals surface area contributed by atoms with Gasteiger partial charge in [0.2, 0.25) is 5.76 Å². The number of hydrogen-bond acceptors (Lipinski definition) is 3. The van der Waals surface area contributed by atoms with Crippen molar-refractivity contribution < 1.29 is 23.4 Å². The van der Waals surface area contributed by atoms with Crippen LogP contribution in [-0.4, -0.2) is 11.1 Å². The monoisotopic (exact) mass is 284 g/mol. The predicted octanol–water partition coefficient (Wildman–Crippen LogP) is 3.66. The highest BCUT2D eigenvalue weighted by atomic mass is 35.5. The first-order valence-electron chi connectivity index (χ1n) is 5.38. The van der Waals surface area contributed by atoms with Crippen molar-refractivity contribution in [3.05, 3.63) is 52.2 Å². The molecular formula is C13H10ClFO4. The molecule has 0 radical (unpaired) electrons. The van der Waals surface area contributed by atoms with E-state index in [0.29, 0.717) is 5.56 Å². The van der Waals surface area contributed by atoms with Gasteiger partial charge in [-0.05, 0) is 25.1 Å². The Labute approximate surface area is 113 Å². The minimum atomic E-state index is -1.16. The van der Waals surface area contributed by atoms with Crippen molar-refractivity contribution in [2.24, 2.45) is 0 Å². The van der Waals surface area contributed by atoms with Crippen LogP contribution in [0.4, 0.5) is 4.39 Å². The number of para-hydroxylation sites is 1. The second-order valence-electron chi connectivity index (χ2n) is 3.87. The number of carboxylic acid groups (broad SMARTS) is 1. The van der Waals surface area contributed by atoms with Crippen LogP contribution in [0.3, 0.4) is 0 Å². The Hall–Kier alpha value is -2.01. The van der Waals surface area contributed by atoms with E-state index in [4.69, 9.17) is 25.9 Å². The van der Waals surface area contributed by atoms with Crippen LogP contribution in [0.15, 0.2) is 28.7 Å². The van der Waals surface area contributed by atoms with Gasteiger partial charge in [-0.1, -0.05) is 17.7 Å². The molecule has 0 aliphatic carbocycles. The van der Waals surface area contributed by atoms with E-state index in [1.54, 1.807) is 6.92 Å². The lowest BCUT2D eigenvalue weighted by Gasteiger charge is -2.06. The molecule has 6 heteroatoms. The van der Waals surface area contributed by atoms with Gasteiger partial charge >= 0.3 is 5.97 Å². The predicted molar refractivity (Wildman–Crippen MR) is 66.1 cm³/mol. The number of aryl methyl sites for hydroxylation is 1. The number of furan rings is 1. The van der Waals surface area contributed by atoms with Crippen LogP contribution in [0.5, 0.6) is 5.75 Å². The Morgan fingerprint density at radius 2 is 2.26 bits per heavy atom. The van der Waals surface area contributed by atoms with Gasteiger partial charge in [0.25, 0.3) is 0 Å². The fraction of sp³-hybridized carbons (Fsp3) is 0.154. The van der Waals surface area contributed by atoms with Gasteiger partial charge in [0.1, 0.15) is 12.4 Å². The Balaban J connectivity index is 2.15. The first kappa shape index (κ1) is 13.4. The lowest BCUT2D eigenvalue weighted by molar-refractivity contribution is 0.0657. The maximum atomic E-state index is 13.4. The maximum absolute atomic E-state index is 13.4. The summed E-state index contributed by atoms with van der Waals surface area (Å²) in [5, 5.41) is 8.98. The van der Waals surface area contributed by atoms with Gasteiger partial charge in [0.15, 0.2) is 11.6 Å². The summed E-state index contributed by atoms with van der Waals surface area (Å²) in [5.41, 5.74) is 0.478. The average Bonchev–Trinajstić information content (AvgIpc) is 2.70. The molecule has 0 fully saturated rings. The number of benzene rings is 1. The number of halogens is 2. The summed E-state index contributed by atoms with van der Waals surface area (Å²) in [5.74, 6) is -1.70. The van der Waals surface area contributed by atoms with E-state index in [1.807, 2.05) is 0 Å². The number of hydrogen-bond donors (Lipinski definition) is 1. The molecule has 19 heavy (non-hydrogen) atoms. The van der Waals surface area contributed by atoms with Crippen LogP contribution >= 0.6 is 11.6 Å². The second-order valence-corrected chi connectivity index (χ2v) is 4.28. The minimum absolute atomic E-state index is 0.0879. The summed E-state index contributed by atoms with van der Waals surface area (Å²) in [6.07, 6.45) is 0. The third kappa shape index (κ3) is 2.88. The molecular weight excluding hydrogens is 275 g/mol. The van der Waals surface area contributed by atoms with E-state index in [2.05, 4.69) is 0 Å². The van der Waals surface area contributed by atoms with Crippen molar-refractivity contribution in [1.82, 2.24) is 0 Å². The van der Waals surface area contributed by atoms with Crippen LogP contribution in [0.2, 0.25) is 5.02 Å². The van der Waals surface area contributed by atoms with Gasteiger partial charge in [-0.2, -0.15) is 0 Å². The molecule has 0 saturated heterocycles. The molecule has 2 rings (SSSR count). The van der Waals surface area contributed by atoms with E-state index in [-0.39, 0.29) is 28.9 Å². The van der Waals surface area contributed by atoms with Crippen LogP contribution in [0.1, 0.15) is 21.9 Å². The van der Waals surface area contributed by atoms with Gasteiger partial charge in [0, 0.05) is 5.56 Å².